The molecule has 0 saturated heterocycles. The molecule has 7 heteroatoms. The van der Waals surface area contributed by atoms with Crippen LogP contribution in [0.5, 0.6) is 0 Å². The third-order valence-electron chi connectivity index (χ3n) is 12.3. The summed E-state index contributed by atoms with van der Waals surface area (Å²) in [7, 11) is 3.43. The highest BCUT2D eigenvalue weighted by atomic mass is 16.5. The van der Waals surface area contributed by atoms with E-state index in [-0.39, 0.29) is 10.8 Å². The van der Waals surface area contributed by atoms with Gasteiger partial charge in [-0.2, -0.15) is 4.58 Å². The number of hydrogen-bond donors (Lipinski definition) is 0. The summed E-state index contributed by atoms with van der Waals surface area (Å²) in [5.41, 5.74) is 16.1. The van der Waals surface area contributed by atoms with E-state index in [0.29, 0.717) is 39.6 Å². The molecule has 0 fully saturated rings. The molecule has 3 aliphatic rings. The molecule has 0 amide bonds. The monoisotopic (exact) mass is 806 g/mol. The van der Waals surface area contributed by atoms with Crippen molar-refractivity contribution >= 4 is 28.5 Å². The first kappa shape index (κ1) is 43.1. The summed E-state index contributed by atoms with van der Waals surface area (Å²) >= 11 is 0. The number of rotatable bonds is 18. The van der Waals surface area contributed by atoms with Gasteiger partial charge in [-0.3, -0.25) is 0 Å². The lowest BCUT2D eigenvalue weighted by atomic mass is 9.80. The highest BCUT2D eigenvalue weighted by Gasteiger charge is 2.44. The van der Waals surface area contributed by atoms with Crippen molar-refractivity contribution < 1.29 is 23.5 Å². The van der Waals surface area contributed by atoms with Crippen LogP contribution in [0.3, 0.4) is 0 Å². The van der Waals surface area contributed by atoms with E-state index in [4.69, 9.17) is 18.9 Å². The normalized spacial score (nSPS) is 18.1. The number of allylic oxidation sites excluding steroid dienone is 7. The summed E-state index contributed by atoms with van der Waals surface area (Å²) in [5, 5.41) is 0. The minimum atomic E-state index is -0.191. The van der Waals surface area contributed by atoms with Gasteiger partial charge in [0.2, 0.25) is 5.69 Å². The van der Waals surface area contributed by atoms with Crippen LogP contribution in [-0.4, -0.2) is 77.2 Å². The number of fused-ring (bicyclic) bond motifs is 2. The van der Waals surface area contributed by atoms with Gasteiger partial charge in [-0.05, 0) is 99.7 Å². The summed E-state index contributed by atoms with van der Waals surface area (Å²) in [4.78, 5) is 4.93. The fourth-order valence-electron chi connectivity index (χ4n) is 9.11. The average Bonchev–Trinajstić information content (AvgIpc) is 3.80. The molecule has 60 heavy (non-hydrogen) atoms. The Morgan fingerprint density at radius 1 is 0.650 bits per heavy atom. The number of benzene rings is 4. The van der Waals surface area contributed by atoms with Crippen LogP contribution in [-0.2, 0) is 29.8 Å². The maximum absolute atomic E-state index is 6.04. The van der Waals surface area contributed by atoms with Gasteiger partial charge in [-0.25, -0.2) is 0 Å². The average molecular weight is 807 g/mol. The Morgan fingerprint density at radius 3 is 1.92 bits per heavy atom. The van der Waals surface area contributed by atoms with Crippen LogP contribution in [0.4, 0.5) is 22.7 Å². The Labute approximate surface area is 358 Å². The molecule has 0 N–H and O–H groups in total. The van der Waals surface area contributed by atoms with E-state index in [1.54, 1.807) is 14.2 Å². The van der Waals surface area contributed by atoms with Crippen molar-refractivity contribution in [1.29, 1.82) is 0 Å². The van der Waals surface area contributed by atoms with E-state index in [2.05, 4.69) is 177 Å². The van der Waals surface area contributed by atoms with Crippen molar-refractivity contribution in [2.75, 3.05) is 76.8 Å². The van der Waals surface area contributed by atoms with Gasteiger partial charge in [0.05, 0.1) is 44.1 Å². The van der Waals surface area contributed by atoms with Crippen molar-refractivity contribution in [2.45, 2.75) is 65.2 Å². The molecule has 2 heterocycles. The molecule has 0 atom stereocenters. The van der Waals surface area contributed by atoms with Crippen LogP contribution in [0.25, 0.3) is 0 Å². The SMILES string of the molecule is COCCOCCN1/C(=C/C=C2\CCC(/C=C/C3=[N+](CCOCCOC)c4ccc(C)cc4C3(C)C)=C2N(c2ccccc2)c2ccccc2)C(C)(C)c2cc(C)ccc21. The van der Waals surface area contributed by atoms with E-state index in [1.807, 2.05) is 0 Å². The molecule has 0 unspecified atom stereocenters. The molecule has 0 saturated carbocycles. The fraction of sp³-hybridized carbons (Fsp3) is 0.377. The molecule has 1 aliphatic carbocycles. The second kappa shape index (κ2) is 19.1. The van der Waals surface area contributed by atoms with Gasteiger partial charge in [0.25, 0.3) is 0 Å². The quantitative estimate of drug-likeness (QED) is 0.0737. The molecule has 7 rings (SSSR count). The number of anilines is 3. The molecule has 0 aromatic heterocycles. The van der Waals surface area contributed by atoms with Gasteiger partial charge >= 0.3 is 0 Å². The standard InChI is InChI=1S/C53H64N3O4/c1-39-19-25-47-45(37-39)52(3,4)49(54(47)29-31-59-35-33-57-7)27-23-41-21-22-42(51(41)56(43-15-11-9-12-16-43)44-17-13-10-14-18-44)24-28-50-53(5,6)46-38-40(2)20-26-48(46)55(50)30-32-60-36-34-58-8/h9-20,23-28,37-38H,21-22,29-36H2,1-8H3/q+1. The maximum Gasteiger partial charge on any atom is 0.209 e. The van der Waals surface area contributed by atoms with Crippen molar-refractivity contribution in [1.82, 2.24) is 0 Å². The first-order valence-electron chi connectivity index (χ1n) is 21.6. The third kappa shape index (κ3) is 9.01. The first-order valence-corrected chi connectivity index (χ1v) is 21.6. The summed E-state index contributed by atoms with van der Waals surface area (Å²) in [6, 6.07) is 35.3. The molecule has 2 aliphatic heterocycles. The lowest BCUT2D eigenvalue weighted by Gasteiger charge is -2.29. The zero-order valence-electron chi connectivity index (χ0n) is 37.1. The van der Waals surface area contributed by atoms with Crippen molar-refractivity contribution in [2.24, 2.45) is 0 Å². The van der Waals surface area contributed by atoms with Crippen LogP contribution < -0.4 is 9.80 Å². The number of ether oxygens (including phenoxy) is 4. The smallest absolute Gasteiger partial charge is 0.209 e. The van der Waals surface area contributed by atoms with Gasteiger partial charge in [0.15, 0.2) is 12.3 Å². The zero-order valence-corrected chi connectivity index (χ0v) is 37.1. The maximum atomic E-state index is 6.04. The Bertz CT molecular complexity index is 2240. The molecule has 0 radical (unpaired) electrons. The fourth-order valence-corrected chi connectivity index (χ4v) is 9.11. The predicted octanol–water partition coefficient (Wildman–Crippen LogP) is 11.1. The van der Waals surface area contributed by atoms with Crippen LogP contribution in [0.15, 0.2) is 144 Å². The highest BCUT2D eigenvalue weighted by molar-refractivity contribution is 6.03. The molecular weight excluding hydrogens is 743 g/mol. The number of nitrogens with zero attached hydrogens (tertiary/aromatic N) is 3. The Morgan fingerprint density at radius 2 is 1.27 bits per heavy atom. The molecule has 4 aromatic rings. The Hall–Kier alpha value is -5.05. The van der Waals surface area contributed by atoms with Crippen LogP contribution in [0, 0.1) is 13.8 Å². The zero-order chi connectivity index (χ0) is 42.3. The van der Waals surface area contributed by atoms with Gasteiger partial charge in [-0.15, -0.1) is 0 Å². The molecule has 314 valence electrons. The second-order valence-corrected chi connectivity index (χ2v) is 17.1. The first-order chi connectivity index (χ1) is 29.1. The van der Waals surface area contributed by atoms with Crippen LogP contribution in [0.2, 0.25) is 0 Å². The van der Waals surface area contributed by atoms with Gasteiger partial charge in [-0.1, -0.05) is 91.7 Å². The minimum Gasteiger partial charge on any atom is -0.382 e. The predicted molar refractivity (Wildman–Crippen MR) is 248 cm³/mol. The highest BCUT2D eigenvalue weighted by Crippen LogP contribution is 2.49. The summed E-state index contributed by atoms with van der Waals surface area (Å²) in [6.07, 6.45) is 11.4. The van der Waals surface area contributed by atoms with E-state index >= 15 is 0 Å². The van der Waals surface area contributed by atoms with Crippen molar-refractivity contribution in [3.8, 4) is 0 Å². The molecule has 0 bridgehead atoms. The lowest BCUT2D eigenvalue weighted by Crippen LogP contribution is -2.29. The van der Waals surface area contributed by atoms with E-state index in [1.165, 1.54) is 61.9 Å². The summed E-state index contributed by atoms with van der Waals surface area (Å²) in [6.45, 7) is 18.9. The molecule has 4 aromatic carbocycles. The van der Waals surface area contributed by atoms with Crippen LogP contribution in [0.1, 0.15) is 62.8 Å². The second-order valence-electron chi connectivity index (χ2n) is 17.1. The lowest BCUT2D eigenvalue weighted by molar-refractivity contribution is -0.442. The van der Waals surface area contributed by atoms with E-state index in [9.17, 15) is 0 Å². The number of para-hydroxylation sites is 2. The summed E-state index contributed by atoms with van der Waals surface area (Å²) < 4.78 is 25.1. The van der Waals surface area contributed by atoms with Crippen LogP contribution >= 0.6 is 0 Å². The van der Waals surface area contributed by atoms with Crippen molar-refractivity contribution in [3.05, 3.63) is 166 Å². The third-order valence-corrected chi connectivity index (χ3v) is 12.3. The van der Waals surface area contributed by atoms with Gasteiger partial charge in [0.1, 0.15) is 6.61 Å². The Kier molecular flexibility index (Phi) is 13.7. The molecule has 0 spiro atoms. The Balaban J connectivity index is 1.35. The van der Waals surface area contributed by atoms with E-state index < -0.39 is 0 Å². The number of methoxy groups -OCH3 is 2. The number of aryl methyl sites for hydroxylation is 2. The molecule has 7 nitrogen and oxygen atoms in total. The topological polar surface area (TPSA) is 46.4 Å². The van der Waals surface area contributed by atoms with Gasteiger partial charge < -0.3 is 28.7 Å². The minimum absolute atomic E-state index is 0.191. The summed E-state index contributed by atoms with van der Waals surface area (Å²) in [5.74, 6) is 0. The van der Waals surface area contributed by atoms with Crippen molar-refractivity contribution in [3.63, 3.8) is 0 Å². The van der Waals surface area contributed by atoms with E-state index in [0.717, 1.165) is 37.3 Å². The van der Waals surface area contributed by atoms with Gasteiger partial charge in [0, 0.05) is 66.6 Å². The number of hydrogen-bond acceptors (Lipinski definition) is 6. The molecular formula is C53H64N3O4+. The largest absolute Gasteiger partial charge is 0.382 e.